The molecule has 0 fully saturated rings. The van der Waals surface area contributed by atoms with Gasteiger partial charge in [-0.2, -0.15) is 0 Å². The van der Waals surface area contributed by atoms with Crippen LogP contribution in [0.5, 0.6) is 0 Å². The maximum atomic E-state index is 12.0. The Kier molecular flexibility index (Phi) is 5.09. The van der Waals surface area contributed by atoms with Gasteiger partial charge in [-0.25, -0.2) is 0 Å². The first-order chi connectivity index (χ1) is 8.98. The molecule has 0 aliphatic carbocycles. The van der Waals surface area contributed by atoms with Crippen molar-refractivity contribution in [3.05, 3.63) is 29.8 Å². The molecule has 1 aromatic rings. The molecule has 4 heteroatoms. The smallest absolute Gasteiger partial charge is 0.0375 e. The van der Waals surface area contributed by atoms with Crippen molar-refractivity contribution in [2.75, 3.05) is 18.1 Å². The highest BCUT2D eigenvalue weighted by atomic mass is 32.2. The predicted octanol–water partition coefficient (Wildman–Crippen LogP) is 3.36. The fourth-order valence-electron chi connectivity index (χ4n) is 2.19. The van der Waals surface area contributed by atoms with E-state index in [-0.39, 0.29) is 4.75 Å². The Labute approximate surface area is 123 Å². The van der Waals surface area contributed by atoms with E-state index in [1.54, 1.807) is 0 Å². The van der Waals surface area contributed by atoms with Crippen LogP contribution >= 0.6 is 11.8 Å². The summed E-state index contributed by atoms with van der Waals surface area (Å²) in [4.78, 5) is 1.39. The van der Waals surface area contributed by atoms with Gasteiger partial charge in [-0.3, -0.25) is 4.21 Å². The van der Waals surface area contributed by atoms with Gasteiger partial charge >= 0.3 is 0 Å². The molecule has 1 heterocycles. The molecule has 1 aromatic carbocycles. The topological polar surface area (TPSA) is 29.1 Å². The number of benzene rings is 1. The summed E-state index contributed by atoms with van der Waals surface area (Å²) < 4.78 is 11.9. The summed E-state index contributed by atoms with van der Waals surface area (Å²) >= 11 is 1.94. The molecule has 1 N–H and O–H groups in total. The lowest BCUT2D eigenvalue weighted by Gasteiger charge is -2.26. The van der Waals surface area contributed by atoms with Gasteiger partial charge in [0, 0.05) is 38.8 Å². The first-order valence-electron chi connectivity index (χ1n) is 6.82. The molecule has 0 spiro atoms. The second kappa shape index (κ2) is 6.42. The predicted molar refractivity (Wildman–Crippen MR) is 85.3 cm³/mol. The molecule has 1 aliphatic rings. The van der Waals surface area contributed by atoms with Gasteiger partial charge in [0.15, 0.2) is 0 Å². The number of nitrogens with one attached hydrogen (secondary N) is 1. The Balaban J connectivity index is 1.90. The number of hydrogen-bond donors (Lipinski definition) is 1. The Morgan fingerprint density at radius 3 is 2.84 bits per heavy atom. The number of fused-ring (bicyclic) bond motifs is 1. The van der Waals surface area contributed by atoms with Crippen LogP contribution in [-0.2, 0) is 10.8 Å². The molecule has 2 nitrogen and oxygen atoms in total. The second-order valence-corrected chi connectivity index (χ2v) is 9.30. The van der Waals surface area contributed by atoms with Gasteiger partial charge in [-0.15, -0.1) is 11.8 Å². The van der Waals surface area contributed by atoms with Gasteiger partial charge in [0.25, 0.3) is 0 Å². The van der Waals surface area contributed by atoms with Crippen molar-refractivity contribution in [2.24, 2.45) is 0 Å². The first kappa shape index (κ1) is 15.1. The van der Waals surface area contributed by atoms with E-state index < -0.39 is 10.8 Å². The van der Waals surface area contributed by atoms with Crippen LogP contribution in [0.25, 0.3) is 0 Å². The fourth-order valence-corrected chi connectivity index (χ4v) is 4.23. The highest BCUT2D eigenvalue weighted by Gasteiger charge is 2.22. The molecule has 1 aliphatic heterocycles. The van der Waals surface area contributed by atoms with E-state index in [0.717, 1.165) is 24.5 Å². The summed E-state index contributed by atoms with van der Waals surface area (Å²) in [6.07, 6.45) is 1.16. The quantitative estimate of drug-likeness (QED) is 0.924. The lowest BCUT2D eigenvalue weighted by atomic mass is 10.0. The van der Waals surface area contributed by atoms with Gasteiger partial charge < -0.3 is 5.32 Å². The van der Waals surface area contributed by atoms with Crippen LogP contribution in [0.2, 0.25) is 0 Å². The van der Waals surface area contributed by atoms with Crippen molar-refractivity contribution in [3.8, 4) is 0 Å². The van der Waals surface area contributed by atoms with Gasteiger partial charge in [-0.05, 0) is 44.6 Å². The van der Waals surface area contributed by atoms with Crippen molar-refractivity contribution in [1.82, 2.24) is 5.32 Å². The Bertz CT molecular complexity index is 454. The van der Waals surface area contributed by atoms with Crippen LogP contribution < -0.4 is 5.32 Å². The minimum Gasteiger partial charge on any atom is -0.309 e. The molecule has 0 unspecified atom stereocenters. The zero-order chi connectivity index (χ0) is 13.9. The lowest BCUT2D eigenvalue weighted by Crippen LogP contribution is -2.32. The summed E-state index contributed by atoms with van der Waals surface area (Å²) in [7, 11) is -0.767. The molecule has 0 aromatic heterocycles. The van der Waals surface area contributed by atoms with Gasteiger partial charge in [0.05, 0.1) is 0 Å². The molecule has 106 valence electrons. The molecule has 2 rings (SSSR count). The van der Waals surface area contributed by atoms with Crippen LogP contribution in [0.3, 0.4) is 0 Å². The Morgan fingerprint density at radius 2 is 2.11 bits per heavy atom. The highest BCUT2D eigenvalue weighted by Crippen LogP contribution is 2.35. The number of thioether (sulfide) groups is 1. The summed E-state index contributed by atoms with van der Waals surface area (Å²) in [5.74, 6) is 1.90. The number of rotatable bonds is 4. The second-order valence-electron chi connectivity index (χ2n) is 5.84. The first-order valence-corrected chi connectivity index (χ1v) is 9.12. The molecule has 0 amide bonds. The van der Waals surface area contributed by atoms with Crippen molar-refractivity contribution in [2.45, 2.75) is 42.9 Å². The summed E-state index contributed by atoms with van der Waals surface area (Å²) in [5, 5.41) is 3.57. The van der Waals surface area contributed by atoms with Crippen LogP contribution in [-0.4, -0.2) is 27.0 Å². The maximum Gasteiger partial charge on any atom is 0.0375 e. The molecule has 0 radical (unpaired) electrons. The highest BCUT2D eigenvalue weighted by molar-refractivity contribution is 7.99. The zero-order valence-corrected chi connectivity index (χ0v) is 13.6. The third kappa shape index (κ3) is 4.07. The van der Waals surface area contributed by atoms with Gasteiger partial charge in [-0.1, -0.05) is 18.2 Å². The summed E-state index contributed by atoms with van der Waals surface area (Å²) in [5.41, 5.74) is 1.40. The molecular weight excluding hydrogens is 274 g/mol. The third-order valence-corrected chi connectivity index (χ3v) is 6.38. The Morgan fingerprint density at radius 1 is 1.37 bits per heavy atom. The van der Waals surface area contributed by atoms with Gasteiger partial charge in [0.2, 0.25) is 0 Å². The van der Waals surface area contributed by atoms with E-state index in [1.165, 1.54) is 10.5 Å². The third-order valence-electron chi connectivity index (χ3n) is 3.32. The largest absolute Gasteiger partial charge is 0.309 e. The average Bonchev–Trinajstić information content (AvgIpc) is 2.38. The summed E-state index contributed by atoms with van der Waals surface area (Å²) in [6.45, 7) is 6.94. The van der Waals surface area contributed by atoms with E-state index in [9.17, 15) is 4.21 Å². The van der Waals surface area contributed by atoms with E-state index in [4.69, 9.17) is 0 Å². The zero-order valence-electron chi connectivity index (χ0n) is 11.9. The van der Waals surface area contributed by atoms with Crippen LogP contribution in [0.1, 0.15) is 38.8 Å². The van der Waals surface area contributed by atoms with Crippen LogP contribution in [0.4, 0.5) is 0 Å². The van der Waals surface area contributed by atoms with Crippen LogP contribution in [0.15, 0.2) is 29.2 Å². The molecule has 0 bridgehead atoms. The number of hydrogen-bond acceptors (Lipinski definition) is 3. The van der Waals surface area contributed by atoms with Crippen molar-refractivity contribution < 1.29 is 4.21 Å². The SMILES string of the molecule is CC(C)(C)[S@](=O)CCN[C@@H]1CCSc2ccccc21. The van der Waals surface area contributed by atoms with Crippen molar-refractivity contribution in [3.63, 3.8) is 0 Å². The van der Waals surface area contributed by atoms with Gasteiger partial charge in [0.1, 0.15) is 0 Å². The minimum atomic E-state index is -0.767. The van der Waals surface area contributed by atoms with Crippen molar-refractivity contribution in [1.29, 1.82) is 0 Å². The maximum absolute atomic E-state index is 12.0. The van der Waals surface area contributed by atoms with E-state index in [0.29, 0.717) is 6.04 Å². The van der Waals surface area contributed by atoms with Crippen LogP contribution in [0, 0.1) is 0 Å². The molecule has 0 saturated carbocycles. The fraction of sp³-hybridized carbons (Fsp3) is 0.600. The molecular formula is C15H23NOS2. The Hall–Kier alpha value is -0.320. The average molecular weight is 297 g/mol. The molecule has 0 saturated heterocycles. The lowest BCUT2D eigenvalue weighted by molar-refractivity contribution is 0.526. The summed E-state index contributed by atoms with van der Waals surface area (Å²) in [6, 6.07) is 9.03. The molecule has 2 atom stereocenters. The van der Waals surface area contributed by atoms with Crippen molar-refractivity contribution >= 4 is 22.6 Å². The minimum absolute atomic E-state index is 0.109. The van der Waals surface area contributed by atoms with E-state index >= 15 is 0 Å². The standard InChI is InChI=1S/C15H23NOS2/c1-15(2,3)19(17)11-9-16-13-8-10-18-14-7-5-4-6-12(13)14/h4-7,13,16H,8-11H2,1-3H3/t13-,19-/m1/s1. The molecule has 19 heavy (non-hydrogen) atoms. The monoisotopic (exact) mass is 297 g/mol. The normalized spacial score (nSPS) is 20.9. The van der Waals surface area contributed by atoms with E-state index in [1.807, 2.05) is 32.5 Å². The van der Waals surface area contributed by atoms with E-state index in [2.05, 4.69) is 29.6 Å².